The molecule has 0 bridgehead atoms. The molecule has 1 aromatic carbocycles. The molecule has 6 nitrogen and oxygen atoms in total. The summed E-state index contributed by atoms with van der Waals surface area (Å²) >= 11 is 1.59. The number of aromatic nitrogens is 1. The summed E-state index contributed by atoms with van der Waals surface area (Å²) in [6.07, 6.45) is 0.503. The predicted octanol–water partition coefficient (Wildman–Crippen LogP) is 3.17. The van der Waals surface area contributed by atoms with Crippen LogP contribution >= 0.6 is 11.3 Å². The summed E-state index contributed by atoms with van der Waals surface area (Å²) in [6.45, 7) is 6.43. The van der Waals surface area contributed by atoms with E-state index < -0.39 is 9.84 Å². The largest absolute Gasteiger partial charge is 0.484 e. The van der Waals surface area contributed by atoms with Crippen LogP contribution in [0, 0.1) is 12.8 Å². The Labute approximate surface area is 170 Å². The molecule has 1 aliphatic heterocycles. The van der Waals surface area contributed by atoms with Gasteiger partial charge >= 0.3 is 0 Å². The fourth-order valence-electron chi connectivity index (χ4n) is 3.28. The van der Waals surface area contributed by atoms with Crippen molar-refractivity contribution in [2.24, 2.45) is 5.92 Å². The zero-order chi connectivity index (χ0) is 20.3. The summed E-state index contributed by atoms with van der Waals surface area (Å²) in [4.78, 5) is 18.9. The Morgan fingerprint density at radius 1 is 1.32 bits per heavy atom. The Morgan fingerprint density at radius 3 is 2.57 bits per heavy atom. The number of hydrogen-bond donors (Lipinski definition) is 0. The maximum absolute atomic E-state index is 12.7. The molecular weight excluding hydrogens is 396 g/mol. The van der Waals surface area contributed by atoms with Gasteiger partial charge in [0, 0.05) is 29.2 Å². The second-order valence-electron chi connectivity index (χ2n) is 7.60. The molecule has 0 radical (unpaired) electrons. The maximum Gasteiger partial charge on any atom is 0.260 e. The Morgan fingerprint density at radius 2 is 2.04 bits per heavy atom. The van der Waals surface area contributed by atoms with Gasteiger partial charge in [-0.05, 0) is 43.5 Å². The first-order chi connectivity index (χ1) is 13.2. The molecule has 28 heavy (non-hydrogen) atoms. The summed E-state index contributed by atoms with van der Waals surface area (Å²) in [5, 5.41) is 2.95. The average molecular weight is 423 g/mol. The van der Waals surface area contributed by atoms with Gasteiger partial charge in [0.15, 0.2) is 16.4 Å². The van der Waals surface area contributed by atoms with Crippen LogP contribution in [0.15, 0.2) is 29.6 Å². The molecule has 0 aliphatic carbocycles. The highest BCUT2D eigenvalue weighted by molar-refractivity contribution is 7.91. The maximum atomic E-state index is 12.7. The van der Waals surface area contributed by atoms with Crippen LogP contribution in [0.1, 0.15) is 26.0 Å². The lowest BCUT2D eigenvalue weighted by molar-refractivity contribution is -0.135. The molecule has 0 saturated carbocycles. The number of sulfone groups is 1. The van der Waals surface area contributed by atoms with Crippen molar-refractivity contribution in [3.8, 4) is 16.3 Å². The van der Waals surface area contributed by atoms with Crippen LogP contribution in [0.2, 0.25) is 0 Å². The SMILES string of the molecule is Cc1csc(-c2ccc(OCC(=O)N(CC(C)C)[C@H]3CCS(=O)(=O)C3)cc2)n1. The van der Waals surface area contributed by atoms with Gasteiger partial charge < -0.3 is 9.64 Å². The van der Waals surface area contributed by atoms with Crippen molar-refractivity contribution in [2.45, 2.75) is 33.2 Å². The smallest absolute Gasteiger partial charge is 0.260 e. The molecule has 1 aliphatic rings. The van der Waals surface area contributed by atoms with Crippen LogP contribution in [0.3, 0.4) is 0 Å². The van der Waals surface area contributed by atoms with E-state index in [9.17, 15) is 13.2 Å². The third-order valence-electron chi connectivity index (χ3n) is 4.61. The van der Waals surface area contributed by atoms with Crippen molar-refractivity contribution < 1.29 is 17.9 Å². The van der Waals surface area contributed by atoms with Crippen LogP contribution < -0.4 is 4.74 Å². The van der Waals surface area contributed by atoms with E-state index in [4.69, 9.17) is 4.74 Å². The van der Waals surface area contributed by atoms with Gasteiger partial charge in [0.1, 0.15) is 10.8 Å². The number of ether oxygens (including phenoxy) is 1. The van der Waals surface area contributed by atoms with E-state index in [1.54, 1.807) is 16.2 Å². The number of aryl methyl sites for hydroxylation is 1. The van der Waals surface area contributed by atoms with E-state index in [0.717, 1.165) is 16.3 Å². The molecule has 1 saturated heterocycles. The highest BCUT2D eigenvalue weighted by Gasteiger charge is 2.34. The number of rotatable bonds is 7. The second kappa shape index (κ2) is 8.61. The van der Waals surface area contributed by atoms with Crippen molar-refractivity contribution in [1.29, 1.82) is 0 Å². The van der Waals surface area contributed by atoms with Crippen molar-refractivity contribution in [1.82, 2.24) is 9.88 Å². The first kappa shape index (κ1) is 20.8. The highest BCUT2D eigenvalue weighted by Crippen LogP contribution is 2.26. The normalized spacial score (nSPS) is 18.4. The molecule has 8 heteroatoms. The molecule has 2 heterocycles. The molecular formula is C20H26N2O4S2. The van der Waals surface area contributed by atoms with Crippen LogP contribution in [0.4, 0.5) is 0 Å². The van der Waals surface area contributed by atoms with Crippen molar-refractivity contribution in [3.63, 3.8) is 0 Å². The van der Waals surface area contributed by atoms with Crippen LogP contribution in [-0.4, -0.2) is 54.9 Å². The van der Waals surface area contributed by atoms with Gasteiger partial charge in [-0.1, -0.05) is 13.8 Å². The monoisotopic (exact) mass is 422 g/mol. The Hall–Kier alpha value is -1.93. The van der Waals surface area contributed by atoms with Gasteiger partial charge in [-0.3, -0.25) is 4.79 Å². The van der Waals surface area contributed by atoms with E-state index in [1.165, 1.54) is 0 Å². The van der Waals surface area contributed by atoms with Gasteiger partial charge in [0.25, 0.3) is 5.91 Å². The zero-order valence-electron chi connectivity index (χ0n) is 16.4. The molecule has 1 aromatic heterocycles. The molecule has 0 spiro atoms. The van der Waals surface area contributed by atoms with E-state index in [0.29, 0.717) is 18.7 Å². The minimum Gasteiger partial charge on any atom is -0.484 e. The first-order valence-corrected chi connectivity index (χ1v) is 12.1. The minimum atomic E-state index is -3.05. The third-order valence-corrected chi connectivity index (χ3v) is 7.37. The number of carbonyl (C=O) groups is 1. The van der Waals surface area contributed by atoms with Gasteiger partial charge in [-0.2, -0.15) is 0 Å². The quantitative estimate of drug-likeness (QED) is 0.685. The number of carbonyl (C=O) groups excluding carboxylic acids is 1. The van der Waals surface area contributed by atoms with Crippen molar-refractivity contribution in [3.05, 3.63) is 35.3 Å². The molecule has 1 atom stereocenters. The van der Waals surface area contributed by atoms with Gasteiger partial charge in [-0.25, -0.2) is 13.4 Å². The molecule has 2 aromatic rings. The second-order valence-corrected chi connectivity index (χ2v) is 10.7. The van der Waals surface area contributed by atoms with E-state index >= 15 is 0 Å². The van der Waals surface area contributed by atoms with Crippen molar-refractivity contribution in [2.75, 3.05) is 24.7 Å². The number of thiazole rings is 1. The van der Waals surface area contributed by atoms with Crippen LogP contribution in [0.25, 0.3) is 10.6 Å². The van der Waals surface area contributed by atoms with Gasteiger partial charge in [0.2, 0.25) is 0 Å². The summed E-state index contributed by atoms with van der Waals surface area (Å²) in [5.74, 6) is 0.892. The average Bonchev–Trinajstić information content (AvgIpc) is 3.23. The topological polar surface area (TPSA) is 76.6 Å². The zero-order valence-corrected chi connectivity index (χ0v) is 18.1. The molecule has 3 rings (SSSR count). The standard InChI is InChI=1S/C20H26N2O4S2/c1-14(2)10-22(17-8-9-28(24,25)13-17)19(23)11-26-18-6-4-16(5-7-18)20-21-15(3)12-27-20/h4-7,12,14,17H,8-11,13H2,1-3H3/t17-/m0/s1. The fraction of sp³-hybridized carbons (Fsp3) is 0.500. The first-order valence-electron chi connectivity index (χ1n) is 9.39. The van der Waals surface area contributed by atoms with Crippen LogP contribution in [-0.2, 0) is 14.6 Å². The third kappa shape index (κ3) is 5.32. The highest BCUT2D eigenvalue weighted by atomic mass is 32.2. The van der Waals surface area contributed by atoms with Crippen molar-refractivity contribution >= 4 is 27.1 Å². The Balaban J connectivity index is 1.62. The number of nitrogens with zero attached hydrogens (tertiary/aromatic N) is 2. The molecule has 152 valence electrons. The molecule has 1 amide bonds. The summed E-state index contributed by atoms with van der Waals surface area (Å²) in [6, 6.07) is 7.25. The summed E-state index contributed by atoms with van der Waals surface area (Å²) in [7, 11) is -3.05. The summed E-state index contributed by atoms with van der Waals surface area (Å²) in [5.41, 5.74) is 2.00. The Bertz CT molecular complexity index is 920. The molecule has 1 fully saturated rings. The van der Waals surface area contributed by atoms with Crippen LogP contribution in [0.5, 0.6) is 5.75 Å². The Kier molecular flexibility index (Phi) is 6.40. The lowest BCUT2D eigenvalue weighted by Gasteiger charge is -2.29. The van der Waals surface area contributed by atoms with Gasteiger partial charge in [0.05, 0.1) is 11.5 Å². The number of benzene rings is 1. The van der Waals surface area contributed by atoms with E-state index in [2.05, 4.69) is 4.98 Å². The molecule has 0 unspecified atom stereocenters. The lowest BCUT2D eigenvalue weighted by Crippen LogP contribution is -2.45. The fourth-order valence-corrected chi connectivity index (χ4v) is 5.81. The van der Waals surface area contributed by atoms with Gasteiger partial charge in [-0.15, -0.1) is 11.3 Å². The number of amides is 1. The minimum absolute atomic E-state index is 0.0490. The lowest BCUT2D eigenvalue weighted by atomic mass is 10.1. The van der Waals surface area contributed by atoms with E-state index in [-0.39, 0.29) is 36.0 Å². The number of hydrogen-bond acceptors (Lipinski definition) is 6. The predicted molar refractivity (Wildman–Crippen MR) is 111 cm³/mol. The molecule has 0 N–H and O–H groups in total. The summed E-state index contributed by atoms with van der Waals surface area (Å²) < 4.78 is 29.3. The van der Waals surface area contributed by atoms with E-state index in [1.807, 2.05) is 50.4 Å².